The van der Waals surface area contributed by atoms with Gasteiger partial charge in [0.25, 0.3) is 0 Å². The van der Waals surface area contributed by atoms with E-state index < -0.39 is 0 Å². The normalized spacial score (nSPS) is 13.2. The molecule has 0 atom stereocenters. The summed E-state index contributed by atoms with van der Waals surface area (Å²) in [7, 11) is 0. The number of oxazole rings is 1. The van der Waals surface area contributed by atoms with Crippen LogP contribution in [0.4, 0.5) is 0 Å². The van der Waals surface area contributed by atoms with Crippen molar-refractivity contribution in [1.29, 1.82) is 0 Å². The summed E-state index contributed by atoms with van der Waals surface area (Å²) in [6, 6.07) is 15.9. The first-order chi connectivity index (χ1) is 12.7. The third-order valence-electron chi connectivity index (χ3n) is 4.68. The predicted octanol–water partition coefficient (Wildman–Crippen LogP) is 4.55. The van der Waals surface area contributed by atoms with Crippen LogP contribution in [0.5, 0.6) is 5.75 Å². The Kier molecular flexibility index (Phi) is 4.59. The summed E-state index contributed by atoms with van der Waals surface area (Å²) >= 11 is 0. The van der Waals surface area contributed by atoms with Gasteiger partial charge in [0.05, 0.1) is 6.61 Å². The number of nitrogens with zero attached hydrogens (tertiary/aromatic N) is 1. The molecule has 0 amide bonds. The Balaban J connectivity index is 1.48. The number of rotatable bonds is 5. The minimum absolute atomic E-state index is 0.132. The van der Waals surface area contributed by atoms with E-state index in [1.807, 2.05) is 49.4 Å². The Morgan fingerprint density at radius 1 is 1.12 bits per heavy atom. The van der Waals surface area contributed by atoms with Gasteiger partial charge in [-0.3, -0.25) is 0 Å². The average Bonchev–Trinajstić information content (AvgIpc) is 3.07. The molecule has 0 saturated carbocycles. The lowest BCUT2D eigenvalue weighted by Gasteiger charge is -2.16. The monoisotopic (exact) mass is 347 g/mol. The van der Waals surface area contributed by atoms with Gasteiger partial charge in [-0.1, -0.05) is 30.3 Å². The molecule has 1 N–H and O–H groups in total. The number of benzene rings is 2. The molecule has 1 aromatic heterocycles. The lowest BCUT2D eigenvalue weighted by atomic mass is 9.92. The van der Waals surface area contributed by atoms with Gasteiger partial charge < -0.3 is 14.3 Å². The Morgan fingerprint density at radius 3 is 2.77 bits per heavy atom. The molecule has 4 rings (SSSR count). The van der Waals surface area contributed by atoms with Gasteiger partial charge in [-0.15, -0.1) is 0 Å². The number of aliphatic hydroxyl groups excluding tert-OH is 1. The van der Waals surface area contributed by atoms with Crippen LogP contribution in [0.2, 0.25) is 0 Å². The number of aryl methyl sites for hydroxylation is 2. The van der Waals surface area contributed by atoms with Gasteiger partial charge in [0.1, 0.15) is 23.8 Å². The van der Waals surface area contributed by atoms with Crippen LogP contribution in [-0.2, 0) is 13.0 Å². The Morgan fingerprint density at radius 2 is 1.96 bits per heavy atom. The Hall–Kier alpha value is -2.85. The zero-order valence-electron chi connectivity index (χ0n) is 14.7. The van der Waals surface area contributed by atoms with E-state index in [1.165, 1.54) is 5.56 Å². The van der Waals surface area contributed by atoms with Crippen molar-refractivity contribution in [2.75, 3.05) is 6.61 Å². The fraction of sp³-hybridized carbons (Fsp3) is 0.227. The minimum Gasteiger partial charge on any atom is -0.487 e. The summed E-state index contributed by atoms with van der Waals surface area (Å²) in [5, 5.41) is 9.28. The largest absolute Gasteiger partial charge is 0.487 e. The van der Waals surface area contributed by atoms with E-state index in [0.717, 1.165) is 46.7 Å². The SMILES string of the molecule is Cc1oc(-c2ccccc2)nc1COc1ccc2c(c1)CCC(CO)=C2. The van der Waals surface area contributed by atoms with E-state index in [1.54, 1.807) is 0 Å². The van der Waals surface area contributed by atoms with Crippen LogP contribution in [-0.4, -0.2) is 16.7 Å². The maximum atomic E-state index is 9.28. The average molecular weight is 347 g/mol. The number of ether oxygens (including phenoxy) is 1. The minimum atomic E-state index is 0.132. The third-order valence-corrected chi connectivity index (χ3v) is 4.68. The predicted molar refractivity (Wildman–Crippen MR) is 101 cm³/mol. The molecule has 0 fully saturated rings. The van der Waals surface area contributed by atoms with Gasteiger partial charge >= 0.3 is 0 Å². The molecule has 0 unspecified atom stereocenters. The Labute approximate surface area is 152 Å². The molecule has 0 aliphatic heterocycles. The van der Waals surface area contributed by atoms with Crippen LogP contribution in [0.25, 0.3) is 17.5 Å². The third kappa shape index (κ3) is 3.41. The molecule has 2 aromatic carbocycles. The quantitative estimate of drug-likeness (QED) is 0.735. The first kappa shape index (κ1) is 16.6. The second-order valence-electron chi connectivity index (χ2n) is 6.50. The van der Waals surface area contributed by atoms with Crippen molar-refractivity contribution in [2.45, 2.75) is 26.4 Å². The first-order valence-corrected chi connectivity index (χ1v) is 8.80. The summed E-state index contributed by atoms with van der Waals surface area (Å²) in [4.78, 5) is 4.57. The molecule has 26 heavy (non-hydrogen) atoms. The first-order valence-electron chi connectivity index (χ1n) is 8.80. The highest BCUT2D eigenvalue weighted by Gasteiger charge is 2.14. The lowest BCUT2D eigenvalue weighted by molar-refractivity contribution is 0.299. The zero-order valence-corrected chi connectivity index (χ0v) is 14.7. The van der Waals surface area contributed by atoms with Gasteiger partial charge in [0, 0.05) is 5.56 Å². The van der Waals surface area contributed by atoms with Gasteiger partial charge in [-0.25, -0.2) is 4.98 Å². The van der Waals surface area contributed by atoms with E-state index in [4.69, 9.17) is 9.15 Å². The summed E-state index contributed by atoms with van der Waals surface area (Å²) in [6.45, 7) is 2.41. The van der Waals surface area contributed by atoms with Crippen LogP contribution < -0.4 is 4.74 Å². The molecular weight excluding hydrogens is 326 g/mol. The van der Waals surface area contributed by atoms with Crippen molar-refractivity contribution in [1.82, 2.24) is 4.98 Å². The van der Waals surface area contributed by atoms with E-state index in [2.05, 4.69) is 17.1 Å². The summed E-state index contributed by atoms with van der Waals surface area (Å²) < 4.78 is 11.7. The van der Waals surface area contributed by atoms with Crippen molar-refractivity contribution in [3.63, 3.8) is 0 Å². The molecule has 4 heteroatoms. The molecule has 1 aliphatic carbocycles. The number of fused-ring (bicyclic) bond motifs is 1. The second kappa shape index (κ2) is 7.18. The van der Waals surface area contributed by atoms with Gasteiger partial charge in [-0.05, 0) is 60.7 Å². The number of hydrogen-bond acceptors (Lipinski definition) is 4. The fourth-order valence-corrected chi connectivity index (χ4v) is 3.16. The fourth-order valence-electron chi connectivity index (χ4n) is 3.16. The molecule has 0 spiro atoms. The topological polar surface area (TPSA) is 55.5 Å². The molecule has 132 valence electrons. The molecule has 3 aromatic rings. The maximum Gasteiger partial charge on any atom is 0.226 e. The van der Waals surface area contributed by atoms with Crippen molar-refractivity contribution >= 4 is 6.08 Å². The lowest BCUT2D eigenvalue weighted by Crippen LogP contribution is -2.03. The van der Waals surface area contributed by atoms with Crippen molar-refractivity contribution in [3.05, 3.63) is 76.7 Å². The smallest absolute Gasteiger partial charge is 0.226 e. The summed E-state index contributed by atoms with van der Waals surface area (Å²) in [6.07, 6.45) is 3.90. The van der Waals surface area contributed by atoms with E-state index in [0.29, 0.717) is 12.5 Å². The standard InChI is InChI=1S/C22H21NO3/c1-15-21(23-22(26-15)17-5-3-2-4-6-17)14-25-20-10-9-18-11-16(13-24)7-8-19(18)12-20/h2-6,9-12,24H,7-8,13-14H2,1H3. The molecule has 4 nitrogen and oxygen atoms in total. The molecule has 0 radical (unpaired) electrons. The van der Waals surface area contributed by atoms with E-state index in [9.17, 15) is 5.11 Å². The highest BCUT2D eigenvalue weighted by molar-refractivity contribution is 5.61. The molecule has 0 saturated heterocycles. The molecule has 1 heterocycles. The van der Waals surface area contributed by atoms with Crippen molar-refractivity contribution in [3.8, 4) is 17.2 Å². The number of aliphatic hydroxyl groups is 1. The molecule has 0 bridgehead atoms. The zero-order chi connectivity index (χ0) is 17.9. The van der Waals surface area contributed by atoms with Crippen molar-refractivity contribution < 1.29 is 14.3 Å². The molecular formula is C22H21NO3. The van der Waals surface area contributed by atoms with Crippen LogP contribution in [0.15, 0.2) is 58.5 Å². The Bertz CT molecular complexity index is 941. The molecule has 1 aliphatic rings. The van der Waals surface area contributed by atoms with Crippen LogP contribution in [0.3, 0.4) is 0 Å². The second-order valence-corrected chi connectivity index (χ2v) is 6.50. The van der Waals surface area contributed by atoms with E-state index in [-0.39, 0.29) is 6.61 Å². The summed E-state index contributed by atoms with van der Waals surface area (Å²) in [5.41, 5.74) is 5.27. The highest BCUT2D eigenvalue weighted by atomic mass is 16.5. The van der Waals surface area contributed by atoms with Gasteiger partial charge in [-0.2, -0.15) is 0 Å². The van der Waals surface area contributed by atoms with Gasteiger partial charge in [0.15, 0.2) is 0 Å². The van der Waals surface area contributed by atoms with Crippen LogP contribution in [0, 0.1) is 6.92 Å². The van der Waals surface area contributed by atoms with Crippen LogP contribution >= 0.6 is 0 Å². The maximum absolute atomic E-state index is 9.28. The van der Waals surface area contributed by atoms with Crippen LogP contribution in [0.1, 0.15) is 29.0 Å². The van der Waals surface area contributed by atoms with E-state index >= 15 is 0 Å². The number of hydrogen-bond donors (Lipinski definition) is 1. The highest BCUT2D eigenvalue weighted by Crippen LogP contribution is 2.28. The van der Waals surface area contributed by atoms with Crippen molar-refractivity contribution in [2.24, 2.45) is 0 Å². The van der Waals surface area contributed by atoms with Gasteiger partial charge in [0.2, 0.25) is 5.89 Å². The number of aromatic nitrogens is 1. The summed E-state index contributed by atoms with van der Waals surface area (Å²) in [5.74, 6) is 2.22.